The molecule has 27 heavy (non-hydrogen) atoms. The number of nitrogens with one attached hydrogen (secondary N) is 1. The van der Waals surface area contributed by atoms with Gasteiger partial charge < -0.3 is 10.1 Å². The number of nitrogens with zero attached hydrogens (tertiary/aromatic N) is 2. The highest BCUT2D eigenvalue weighted by Crippen LogP contribution is 2.32. The second-order valence-corrected chi connectivity index (χ2v) is 6.23. The van der Waals surface area contributed by atoms with Gasteiger partial charge in [-0.1, -0.05) is 0 Å². The molecule has 8 heteroatoms. The van der Waals surface area contributed by atoms with Crippen LogP contribution in [0.2, 0.25) is 0 Å². The van der Waals surface area contributed by atoms with Gasteiger partial charge in [0, 0.05) is 29.9 Å². The number of non-ortho nitro benzene ring substituents is 1. The van der Waals surface area contributed by atoms with Gasteiger partial charge in [-0.3, -0.25) is 24.6 Å². The summed E-state index contributed by atoms with van der Waals surface area (Å²) in [5.74, 6) is 0.135. The van der Waals surface area contributed by atoms with Crippen molar-refractivity contribution in [2.24, 2.45) is 0 Å². The van der Waals surface area contributed by atoms with Gasteiger partial charge in [0.05, 0.1) is 12.0 Å². The molecular formula is C19H19N3O5. The lowest BCUT2D eigenvalue weighted by atomic mass is 9.98. The summed E-state index contributed by atoms with van der Waals surface area (Å²) in [6.45, 7) is 1.63. The first-order chi connectivity index (χ1) is 12.9. The van der Waals surface area contributed by atoms with Crippen LogP contribution in [0, 0.1) is 10.1 Å². The number of rotatable bonds is 5. The van der Waals surface area contributed by atoms with Crippen LogP contribution in [0.3, 0.4) is 0 Å². The van der Waals surface area contributed by atoms with E-state index in [4.69, 9.17) is 4.74 Å². The molecule has 0 spiro atoms. The van der Waals surface area contributed by atoms with Crippen molar-refractivity contribution in [2.75, 3.05) is 17.3 Å². The Morgan fingerprint density at radius 2 is 1.93 bits per heavy atom. The van der Waals surface area contributed by atoms with E-state index in [1.54, 1.807) is 38.3 Å². The SMILES string of the molecule is COc1ccc(NC(=O)C(C)N2C(=O)CCc3cc([N+](=O)[O-])ccc32)cc1. The highest BCUT2D eigenvalue weighted by molar-refractivity contribution is 6.06. The first-order valence-corrected chi connectivity index (χ1v) is 8.45. The standard InChI is InChI=1S/C19H19N3O5/c1-12(19(24)20-14-4-7-16(27-2)8-5-14)21-17-9-6-15(22(25)26)11-13(17)3-10-18(21)23/h4-9,11-12H,3,10H2,1-2H3,(H,20,24). The molecule has 0 bridgehead atoms. The van der Waals surface area contributed by atoms with Crippen LogP contribution in [0.1, 0.15) is 18.9 Å². The summed E-state index contributed by atoms with van der Waals surface area (Å²) >= 11 is 0. The number of benzene rings is 2. The third kappa shape index (κ3) is 3.74. The lowest BCUT2D eigenvalue weighted by Crippen LogP contribution is -2.47. The first kappa shape index (κ1) is 18.4. The Morgan fingerprint density at radius 1 is 1.22 bits per heavy atom. The quantitative estimate of drug-likeness (QED) is 0.645. The van der Waals surface area contributed by atoms with Gasteiger partial charge in [-0.2, -0.15) is 0 Å². The fourth-order valence-corrected chi connectivity index (χ4v) is 3.08. The van der Waals surface area contributed by atoms with E-state index < -0.39 is 11.0 Å². The van der Waals surface area contributed by atoms with E-state index in [1.165, 1.54) is 23.1 Å². The fourth-order valence-electron chi connectivity index (χ4n) is 3.08. The molecule has 1 atom stereocenters. The highest BCUT2D eigenvalue weighted by atomic mass is 16.6. The number of ether oxygens (including phenoxy) is 1. The minimum absolute atomic E-state index is 0.0293. The molecule has 1 heterocycles. The van der Waals surface area contributed by atoms with Gasteiger partial charge in [0.15, 0.2) is 0 Å². The lowest BCUT2D eigenvalue weighted by molar-refractivity contribution is -0.384. The molecule has 0 radical (unpaired) electrons. The number of carbonyl (C=O) groups is 2. The molecule has 2 aromatic carbocycles. The van der Waals surface area contributed by atoms with Crippen molar-refractivity contribution in [3.05, 3.63) is 58.1 Å². The second-order valence-electron chi connectivity index (χ2n) is 6.23. The molecule has 1 N–H and O–H groups in total. The van der Waals surface area contributed by atoms with Crippen molar-refractivity contribution in [2.45, 2.75) is 25.8 Å². The van der Waals surface area contributed by atoms with Gasteiger partial charge in [0.1, 0.15) is 11.8 Å². The minimum Gasteiger partial charge on any atom is -0.497 e. The van der Waals surface area contributed by atoms with E-state index in [0.29, 0.717) is 29.1 Å². The topological polar surface area (TPSA) is 102 Å². The first-order valence-electron chi connectivity index (χ1n) is 8.45. The Labute approximate surface area is 155 Å². The van der Waals surface area contributed by atoms with Crippen molar-refractivity contribution in [1.82, 2.24) is 0 Å². The summed E-state index contributed by atoms with van der Waals surface area (Å²) in [7, 11) is 1.55. The fraction of sp³-hybridized carbons (Fsp3) is 0.263. The largest absolute Gasteiger partial charge is 0.497 e. The summed E-state index contributed by atoms with van der Waals surface area (Å²) < 4.78 is 5.08. The monoisotopic (exact) mass is 369 g/mol. The molecule has 0 aliphatic carbocycles. The van der Waals surface area contributed by atoms with Crippen LogP contribution in [0.5, 0.6) is 5.75 Å². The van der Waals surface area contributed by atoms with Crippen LogP contribution < -0.4 is 15.0 Å². The van der Waals surface area contributed by atoms with Gasteiger partial charge in [-0.25, -0.2) is 0 Å². The van der Waals surface area contributed by atoms with E-state index in [-0.39, 0.29) is 23.9 Å². The van der Waals surface area contributed by atoms with Crippen LogP contribution in [0.15, 0.2) is 42.5 Å². The zero-order valence-corrected chi connectivity index (χ0v) is 15.0. The predicted octanol–water partition coefficient (Wildman–Crippen LogP) is 2.91. The Hall–Kier alpha value is -3.42. The van der Waals surface area contributed by atoms with Crippen molar-refractivity contribution in [3.8, 4) is 5.75 Å². The maximum Gasteiger partial charge on any atom is 0.269 e. The molecule has 8 nitrogen and oxygen atoms in total. The van der Waals surface area contributed by atoms with Crippen molar-refractivity contribution >= 4 is 28.9 Å². The zero-order valence-electron chi connectivity index (χ0n) is 15.0. The van der Waals surface area contributed by atoms with E-state index in [0.717, 1.165) is 0 Å². The maximum absolute atomic E-state index is 12.7. The third-order valence-electron chi connectivity index (χ3n) is 4.53. The van der Waals surface area contributed by atoms with Crippen molar-refractivity contribution in [3.63, 3.8) is 0 Å². The van der Waals surface area contributed by atoms with Gasteiger partial charge in [0.2, 0.25) is 11.8 Å². The molecule has 0 saturated carbocycles. The predicted molar refractivity (Wildman–Crippen MR) is 100.0 cm³/mol. The zero-order chi connectivity index (χ0) is 19.6. The molecule has 140 valence electrons. The number of amides is 2. The van der Waals surface area contributed by atoms with Gasteiger partial charge in [-0.05, 0) is 49.2 Å². The van der Waals surface area contributed by atoms with Gasteiger partial charge in [0.25, 0.3) is 5.69 Å². The van der Waals surface area contributed by atoms with E-state index in [1.807, 2.05) is 0 Å². The Bertz CT molecular complexity index is 895. The van der Waals surface area contributed by atoms with Crippen molar-refractivity contribution < 1.29 is 19.2 Å². The average molecular weight is 369 g/mol. The number of anilines is 2. The number of nitro groups is 1. The molecule has 3 rings (SSSR count). The maximum atomic E-state index is 12.7. The number of carbonyl (C=O) groups excluding carboxylic acids is 2. The molecule has 0 saturated heterocycles. The summed E-state index contributed by atoms with van der Waals surface area (Å²) in [5.41, 5.74) is 1.78. The number of aryl methyl sites for hydroxylation is 1. The second kappa shape index (κ2) is 7.45. The molecule has 0 fully saturated rings. The average Bonchev–Trinajstić information content (AvgIpc) is 2.67. The van der Waals surface area contributed by atoms with Crippen LogP contribution in [-0.4, -0.2) is 29.9 Å². The van der Waals surface area contributed by atoms with Crippen LogP contribution in [-0.2, 0) is 16.0 Å². The molecule has 1 aliphatic heterocycles. The smallest absolute Gasteiger partial charge is 0.269 e. The number of methoxy groups -OCH3 is 1. The Balaban J connectivity index is 1.82. The highest BCUT2D eigenvalue weighted by Gasteiger charge is 2.32. The summed E-state index contributed by atoms with van der Waals surface area (Å²) in [4.78, 5) is 37.0. The van der Waals surface area contributed by atoms with Crippen LogP contribution in [0.4, 0.5) is 17.1 Å². The van der Waals surface area contributed by atoms with E-state index in [9.17, 15) is 19.7 Å². The van der Waals surface area contributed by atoms with Crippen LogP contribution in [0.25, 0.3) is 0 Å². The van der Waals surface area contributed by atoms with Gasteiger partial charge in [-0.15, -0.1) is 0 Å². The molecule has 2 amide bonds. The number of hydrogen-bond donors (Lipinski definition) is 1. The Morgan fingerprint density at radius 3 is 2.56 bits per heavy atom. The summed E-state index contributed by atoms with van der Waals surface area (Å²) in [5, 5.41) is 13.8. The number of fused-ring (bicyclic) bond motifs is 1. The molecular weight excluding hydrogens is 350 g/mol. The lowest BCUT2D eigenvalue weighted by Gasteiger charge is -2.33. The van der Waals surface area contributed by atoms with E-state index >= 15 is 0 Å². The third-order valence-corrected chi connectivity index (χ3v) is 4.53. The number of hydrogen-bond acceptors (Lipinski definition) is 5. The summed E-state index contributed by atoms with van der Waals surface area (Å²) in [6, 6.07) is 10.4. The van der Waals surface area contributed by atoms with E-state index in [2.05, 4.69) is 5.32 Å². The van der Waals surface area contributed by atoms with Crippen molar-refractivity contribution in [1.29, 1.82) is 0 Å². The molecule has 1 unspecified atom stereocenters. The molecule has 0 aromatic heterocycles. The van der Waals surface area contributed by atoms with Crippen LogP contribution >= 0.6 is 0 Å². The summed E-state index contributed by atoms with van der Waals surface area (Å²) in [6.07, 6.45) is 0.619. The molecule has 1 aliphatic rings. The normalized spacial score (nSPS) is 14.3. The van der Waals surface area contributed by atoms with Gasteiger partial charge >= 0.3 is 0 Å². The minimum atomic E-state index is -0.764. The number of nitro benzene ring substituents is 1. The Kier molecular flexibility index (Phi) is 5.07. The molecule has 2 aromatic rings.